The van der Waals surface area contributed by atoms with Crippen molar-refractivity contribution in [1.29, 1.82) is 0 Å². The van der Waals surface area contributed by atoms with E-state index in [-0.39, 0.29) is 17.9 Å². The van der Waals surface area contributed by atoms with E-state index in [1.807, 2.05) is 37.3 Å². The number of carbonyl (C=O) groups is 1. The van der Waals surface area contributed by atoms with E-state index < -0.39 is 0 Å². The molecule has 0 unspecified atom stereocenters. The van der Waals surface area contributed by atoms with Gasteiger partial charge in [0.1, 0.15) is 11.9 Å². The number of hydrogen-bond acceptors (Lipinski definition) is 3. The molecular weight excluding hydrogens is 276 g/mol. The molecule has 1 aliphatic rings. The predicted molar refractivity (Wildman–Crippen MR) is 84.1 cm³/mol. The molecule has 0 aliphatic heterocycles. The lowest BCUT2D eigenvalue weighted by Gasteiger charge is -2.24. The first-order valence-corrected chi connectivity index (χ1v) is 7.98. The molecule has 1 amide bonds. The van der Waals surface area contributed by atoms with E-state index >= 15 is 0 Å². The number of nitrogens with one attached hydrogen (secondary N) is 2. The second-order valence-electron chi connectivity index (χ2n) is 5.97. The highest BCUT2D eigenvalue weighted by Crippen LogP contribution is 2.26. The lowest BCUT2D eigenvalue weighted by molar-refractivity contribution is -0.126. The first kappa shape index (κ1) is 14.8. The highest BCUT2D eigenvalue weighted by atomic mass is 16.1. The fourth-order valence-corrected chi connectivity index (χ4v) is 3.06. The Morgan fingerprint density at radius 2 is 1.95 bits per heavy atom. The van der Waals surface area contributed by atoms with Gasteiger partial charge in [-0.25, -0.2) is 4.98 Å². The summed E-state index contributed by atoms with van der Waals surface area (Å²) in [6.07, 6.45) is 5.51. The number of hydrogen-bond donors (Lipinski definition) is 2. The normalized spacial score (nSPS) is 17.1. The number of carbonyl (C=O) groups excluding carboxylic acids is 1. The molecule has 5 nitrogen and oxygen atoms in total. The summed E-state index contributed by atoms with van der Waals surface area (Å²) >= 11 is 0. The summed E-state index contributed by atoms with van der Waals surface area (Å²) in [5.41, 5.74) is 1.01. The predicted octanol–water partition coefficient (Wildman–Crippen LogP) is 2.90. The van der Waals surface area contributed by atoms with Gasteiger partial charge in [-0.05, 0) is 25.3 Å². The second kappa shape index (κ2) is 6.73. The average molecular weight is 298 g/mol. The smallest absolute Gasteiger partial charge is 0.223 e. The quantitative estimate of drug-likeness (QED) is 0.911. The van der Waals surface area contributed by atoms with Crippen LogP contribution in [0.3, 0.4) is 0 Å². The Labute approximate surface area is 130 Å². The zero-order valence-electron chi connectivity index (χ0n) is 12.9. The summed E-state index contributed by atoms with van der Waals surface area (Å²) in [6, 6.07) is 9.60. The van der Waals surface area contributed by atoms with E-state index in [1.165, 1.54) is 6.42 Å². The van der Waals surface area contributed by atoms with Crippen LogP contribution < -0.4 is 5.32 Å². The minimum Gasteiger partial charge on any atom is -0.342 e. The van der Waals surface area contributed by atoms with Crippen molar-refractivity contribution in [2.45, 2.75) is 45.1 Å². The van der Waals surface area contributed by atoms with Gasteiger partial charge in [0.15, 0.2) is 5.82 Å². The summed E-state index contributed by atoms with van der Waals surface area (Å²) in [5.74, 6) is 1.62. The number of nitrogens with zero attached hydrogens (tertiary/aromatic N) is 2. The molecule has 22 heavy (non-hydrogen) atoms. The Morgan fingerprint density at radius 1 is 1.23 bits per heavy atom. The lowest BCUT2D eigenvalue weighted by atomic mass is 9.88. The minimum atomic E-state index is -0.291. The summed E-state index contributed by atoms with van der Waals surface area (Å²) in [7, 11) is 0. The number of amides is 1. The van der Waals surface area contributed by atoms with E-state index in [0.29, 0.717) is 5.82 Å². The molecule has 2 aromatic rings. The van der Waals surface area contributed by atoms with Crippen molar-refractivity contribution in [3.05, 3.63) is 47.5 Å². The van der Waals surface area contributed by atoms with Gasteiger partial charge >= 0.3 is 0 Å². The van der Waals surface area contributed by atoms with Crippen LogP contribution in [0.5, 0.6) is 0 Å². The van der Waals surface area contributed by atoms with Gasteiger partial charge in [-0.1, -0.05) is 49.6 Å². The second-order valence-corrected chi connectivity index (χ2v) is 5.97. The van der Waals surface area contributed by atoms with Crippen LogP contribution in [-0.2, 0) is 4.79 Å². The van der Waals surface area contributed by atoms with E-state index in [4.69, 9.17) is 0 Å². The fourth-order valence-electron chi connectivity index (χ4n) is 3.06. The first-order chi connectivity index (χ1) is 10.7. The highest BCUT2D eigenvalue weighted by molar-refractivity contribution is 5.79. The molecule has 0 spiro atoms. The van der Waals surface area contributed by atoms with Gasteiger partial charge in [-0.3, -0.25) is 9.89 Å². The molecule has 0 radical (unpaired) electrons. The van der Waals surface area contributed by atoms with Crippen LogP contribution in [0.4, 0.5) is 0 Å². The van der Waals surface area contributed by atoms with Gasteiger partial charge in [0.2, 0.25) is 5.91 Å². The summed E-state index contributed by atoms with van der Waals surface area (Å²) < 4.78 is 0. The Morgan fingerprint density at radius 3 is 2.59 bits per heavy atom. The monoisotopic (exact) mass is 298 g/mol. The van der Waals surface area contributed by atoms with Crippen molar-refractivity contribution in [2.75, 3.05) is 0 Å². The molecule has 1 saturated carbocycles. The molecule has 0 saturated heterocycles. The Hall–Kier alpha value is -2.17. The van der Waals surface area contributed by atoms with Crippen LogP contribution in [0.2, 0.25) is 0 Å². The standard InChI is InChI=1S/C17H22N4O/c1-12-18-16(21-20-12)15(13-8-4-2-5-9-13)19-17(22)14-10-6-3-7-11-14/h2,4-5,8-9,14-15H,3,6-7,10-11H2,1H3,(H,19,22)(H,18,20,21)/t15-/m1/s1. The molecule has 3 rings (SSSR count). The number of H-pyrrole nitrogens is 1. The average Bonchev–Trinajstić information content (AvgIpc) is 3.00. The SMILES string of the molecule is Cc1nc([C@H](NC(=O)C2CCCCC2)c2ccccc2)n[nH]1. The van der Waals surface area contributed by atoms with Crippen molar-refractivity contribution in [2.24, 2.45) is 5.92 Å². The van der Waals surface area contributed by atoms with Gasteiger partial charge in [-0.2, -0.15) is 5.10 Å². The van der Waals surface area contributed by atoms with Crippen LogP contribution in [0, 0.1) is 12.8 Å². The molecule has 0 bridgehead atoms. The van der Waals surface area contributed by atoms with Crippen molar-refractivity contribution in [3.8, 4) is 0 Å². The van der Waals surface area contributed by atoms with Crippen LogP contribution in [0.25, 0.3) is 0 Å². The van der Waals surface area contributed by atoms with Crippen LogP contribution in [0.1, 0.15) is 55.4 Å². The van der Waals surface area contributed by atoms with Crippen molar-refractivity contribution in [1.82, 2.24) is 20.5 Å². The number of rotatable bonds is 4. The third kappa shape index (κ3) is 3.35. The number of aromatic amines is 1. The van der Waals surface area contributed by atoms with Gasteiger partial charge in [-0.15, -0.1) is 0 Å². The molecule has 1 aromatic heterocycles. The fraction of sp³-hybridized carbons (Fsp3) is 0.471. The lowest BCUT2D eigenvalue weighted by Crippen LogP contribution is -2.36. The largest absolute Gasteiger partial charge is 0.342 e. The van der Waals surface area contributed by atoms with E-state index in [2.05, 4.69) is 20.5 Å². The molecule has 1 heterocycles. The van der Waals surface area contributed by atoms with Crippen molar-refractivity contribution >= 4 is 5.91 Å². The van der Waals surface area contributed by atoms with Crippen molar-refractivity contribution in [3.63, 3.8) is 0 Å². The number of aryl methyl sites for hydroxylation is 1. The maximum absolute atomic E-state index is 12.6. The maximum atomic E-state index is 12.6. The number of benzene rings is 1. The molecule has 1 atom stereocenters. The Bertz CT molecular complexity index is 617. The highest BCUT2D eigenvalue weighted by Gasteiger charge is 2.26. The zero-order chi connectivity index (χ0) is 15.4. The van der Waals surface area contributed by atoms with E-state index in [0.717, 1.165) is 37.1 Å². The van der Waals surface area contributed by atoms with Gasteiger partial charge in [0.05, 0.1) is 0 Å². The van der Waals surface area contributed by atoms with Gasteiger partial charge < -0.3 is 5.32 Å². The first-order valence-electron chi connectivity index (χ1n) is 7.98. The summed E-state index contributed by atoms with van der Waals surface area (Å²) in [6.45, 7) is 1.86. The molecule has 1 aliphatic carbocycles. The van der Waals surface area contributed by atoms with E-state index in [1.54, 1.807) is 0 Å². The molecule has 2 N–H and O–H groups in total. The number of aromatic nitrogens is 3. The third-order valence-electron chi connectivity index (χ3n) is 4.27. The molecule has 1 fully saturated rings. The van der Waals surface area contributed by atoms with Crippen LogP contribution in [0.15, 0.2) is 30.3 Å². The molecular formula is C17H22N4O. The Balaban J connectivity index is 1.81. The summed E-state index contributed by atoms with van der Waals surface area (Å²) in [4.78, 5) is 17.0. The topological polar surface area (TPSA) is 70.7 Å². The molecule has 5 heteroatoms. The van der Waals surface area contributed by atoms with E-state index in [9.17, 15) is 4.79 Å². The van der Waals surface area contributed by atoms with Crippen LogP contribution in [-0.4, -0.2) is 21.1 Å². The summed E-state index contributed by atoms with van der Waals surface area (Å²) in [5, 5.41) is 10.2. The third-order valence-corrected chi connectivity index (χ3v) is 4.27. The van der Waals surface area contributed by atoms with Gasteiger partial charge in [0.25, 0.3) is 0 Å². The van der Waals surface area contributed by atoms with Crippen molar-refractivity contribution < 1.29 is 4.79 Å². The molecule has 1 aromatic carbocycles. The van der Waals surface area contributed by atoms with Crippen LogP contribution >= 0.6 is 0 Å². The Kier molecular flexibility index (Phi) is 4.51. The maximum Gasteiger partial charge on any atom is 0.223 e. The minimum absolute atomic E-state index is 0.121. The molecule has 116 valence electrons. The zero-order valence-corrected chi connectivity index (χ0v) is 12.9. The van der Waals surface area contributed by atoms with Gasteiger partial charge in [0, 0.05) is 5.92 Å².